The second-order valence-corrected chi connectivity index (χ2v) is 6.07. The van der Waals surface area contributed by atoms with Crippen molar-refractivity contribution in [2.24, 2.45) is 0 Å². The molecule has 0 spiro atoms. The number of nitrogens with zero attached hydrogens (tertiary/aromatic N) is 4. The standard InChI is InChI=1S/C19H11N5O3/c25-14-6-5-10(24(26)27)9-13(14)19-22-17-11-3-1-7-20-15(11)16-12(18(17)23-19)4-2-8-21-16/h1-9,25H,(H,22,23). The third kappa shape index (κ3) is 2.20. The van der Waals surface area contributed by atoms with E-state index in [2.05, 4.69) is 19.9 Å². The number of imidazole rings is 1. The van der Waals surface area contributed by atoms with Crippen LogP contribution in [0.3, 0.4) is 0 Å². The molecule has 5 rings (SSSR count). The molecule has 0 unspecified atom stereocenters. The number of phenols is 1. The van der Waals surface area contributed by atoms with Crippen LogP contribution in [-0.2, 0) is 0 Å². The van der Waals surface area contributed by atoms with Gasteiger partial charge in [0.25, 0.3) is 5.69 Å². The van der Waals surface area contributed by atoms with Gasteiger partial charge in [0.05, 0.1) is 32.6 Å². The second-order valence-electron chi connectivity index (χ2n) is 6.07. The van der Waals surface area contributed by atoms with Gasteiger partial charge in [-0.15, -0.1) is 0 Å². The summed E-state index contributed by atoms with van der Waals surface area (Å²) in [4.78, 5) is 27.3. The maximum absolute atomic E-state index is 11.1. The zero-order valence-corrected chi connectivity index (χ0v) is 13.7. The first-order valence-electron chi connectivity index (χ1n) is 8.12. The lowest BCUT2D eigenvalue weighted by molar-refractivity contribution is -0.384. The summed E-state index contributed by atoms with van der Waals surface area (Å²) in [6, 6.07) is 11.3. The van der Waals surface area contributed by atoms with E-state index in [1.54, 1.807) is 12.4 Å². The van der Waals surface area contributed by atoms with Gasteiger partial charge in [0.1, 0.15) is 11.6 Å². The summed E-state index contributed by atoms with van der Waals surface area (Å²) >= 11 is 0. The van der Waals surface area contributed by atoms with Crippen molar-refractivity contribution in [1.29, 1.82) is 0 Å². The van der Waals surface area contributed by atoms with Crippen LogP contribution in [-0.4, -0.2) is 30.0 Å². The highest BCUT2D eigenvalue weighted by atomic mass is 16.6. The maximum Gasteiger partial charge on any atom is 0.270 e. The van der Waals surface area contributed by atoms with E-state index in [0.29, 0.717) is 11.3 Å². The van der Waals surface area contributed by atoms with E-state index in [0.717, 1.165) is 27.3 Å². The van der Waals surface area contributed by atoms with Crippen LogP contribution >= 0.6 is 0 Å². The largest absolute Gasteiger partial charge is 0.507 e. The lowest BCUT2D eigenvalue weighted by Crippen LogP contribution is -1.89. The molecule has 0 radical (unpaired) electrons. The minimum atomic E-state index is -0.510. The predicted octanol–water partition coefficient (Wildman–Crippen LogP) is 3.94. The van der Waals surface area contributed by atoms with E-state index in [1.807, 2.05) is 24.3 Å². The number of phenolic OH excluding ortho intramolecular Hbond substituents is 1. The Morgan fingerprint density at radius 3 is 2.41 bits per heavy atom. The van der Waals surface area contributed by atoms with Crippen LogP contribution in [0.15, 0.2) is 54.9 Å². The smallest absolute Gasteiger partial charge is 0.270 e. The fourth-order valence-electron chi connectivity index (χ4n) is 3.30. The molecule has 0 saturated heterocycles. The molecule has 3 heterocycles. The van der Waals surface area contributed by atoms with Crippen LogP contribution in [0.2, 0.25) is 0 Å². The number of aromatic hydroxyl groups is 1. The van der Waals surface area contributed by atoms with Gasteiger partial charge in [-0.05, 0) is 30.3 Å². The third-order valence-electron chi connectivity index (χ3n) is 4.51. The molecular weight excluding hydrogens is 346 g/mol. The van der Waals surface area contributed by atoms with E-state index in [4.69, 9.17) is 0 Å². The van der Waals surface area contributed by atoms with E-state index < -0.39 is 4.92 Å². The Morgan fingerprint density at radius 2 is 1.67 bits per heavy atom. The van der Waals surface area contributed by atoms with Crippen molar-refractivity contribution in [3.05, 3.63) is 65.0 Å². The van der Waals surface area contributed by atoms with Crippen molar-refractivity contribution in [2.45, 2.75) is 0 Å². The van der Waals surface area contributed by atoms with Gasteiger partial charge in [-0.1, -0.05) is 0 Å². The molecule has 0 atom stereocenters. The van der Waals surface area contributed by atoms with Crippen molar-refractivity contribution in [1.82, 2.24) is 19.9 Å². The lowest BCUT2D eigenvalue weighted by Gasteiger charge is -2.03. The topological polar surface area (TPSA) is 118 Å². The predicted molar refractivity (Wildman–Crippen MR) is 100 cm³/mol. The Labute approximate surface area is 151 Å². The number of hydrogen-bond acceptors (Lipinski definition) is 6. The Kier molecular flexibility index (Phi) is 3.08. The molecule has 130 valence electrons. The van der Waals surface area contributed by atoms with Crippen LogP contribution in [0.4, 0.5) is 5.69 Å². The number of hydrogen-bond donors (Lipinski definition) is 2. The molecule has 8 heteroatoms. The number of pyridine rings is 2. The van der Waals surface area contributed by atoms with Gasteiger partial charge in [0.2, 0.25) is 0 Å². The summed E-state index contributed by atoms with van der Waals surface area (Å²) < 4.78 is 0. The quantitative estimate of drug-likeness (QED) is 0.281. The number of benzene rings is 2. The SMILES string of the molecule is O=[N+]([O-])c1ccc(O)c(-c2nc3c4cccnc4c4ncccc4c3[nH]2)c1. The Hall–Kier alpha value is -4.07. The van der Waals surface area contributed by atoms with Crippen molar-refractivity contribution >= 4 is 38.5 Å². The number of nitro groups is 1. The molecule has 0 aliphatic heterocycles. The van der Waals surface area contributed by atoms with E-state index in [1.165, 1.54) is 18.2 Å². The average Bonchev–Trinajstić information content (AvgIpc) is 3.14. The Balaban J connectivity index is 1.90. The van der Waals surface area contributed by atoms with E-state index in [-0.39, 0.29) is 17.0 Å². The molecule has 8 nitrogen and oxygen atoms in total. The third-order valence-corrected chi connectivity index (χ3v) is 4.51. The van der Waals surface area contributed by atoms with Gasteiger partial charge in [0, 0.05) is 35.3 Å². The fourth-order valence-corrected chi connectivity index (χ4v) is 3.30. The first kappa shape index (κ1) is 15.2. The van der Waals surface area contributed by atoms with Crippen LogP contribution < -0.4 is 0 Å². The van der Waals surface area contributed by atoms with Gasteiger partial charge in [-0.3, -0.25) is 20.1 Å². The van der Waals surface area contributed by atoms with Crippen molar-refractivity contribution in [3.8, 4) is 17.1 Å². The second kappa shape index (κ2) is 5.46. The maximum atomic E-state index is 11.1. The average molecular weight is 357 g/mol. The number of H-pyrrole nitrogens is 1. The number of nitro benzene ring substituents is 1. The molecule has 0 fully saturated rings. The number of non-ortho nitro benzene ring substituents is 1. The number of aromatic nitrogens is 4. The molecule has 2 N–H and O–H groups in total. The van der Waals surface area contributed by atoms with Gasteiger partial charge in [-0.25, -0.2) is 4.98 Å². The van der Waals surface area contributed by atoms with Crippen molar-refractivity contribution < 1.29 is 10.0 Å². The van der Waals surface area contributed by atoms with Crippen molar-refractivity contribution in [3.63, 3.8) is 0 Å². The van der Waals surface area contributed by atoms with E-state index in [9.17, 15) is 15.2 Å². The van der Waals surface area contributed by atoms with Crippen molar-refractivity contribution in [2.75, 3.05) is 0 Å². The number of rotatable bonds is 2. The molecule has 0 bridgehead atoms. The normalized spacial score (nSPS) is 11.4. The molecule has 0 aliphatic rings. The van der Waals surface area contributed by atoms with Gasteiger partial charge >= 0.3 is 0 Å². The fraction of sp³-hybridized carbons (Fsp3) is 0. The minimum Gasteiger partial charge on any atom is -0.507 e. The highest BCUT2D eigenvalue weighted by molar-refractivity contribution is 6.21. The molecule has 0 aliphatic carbocycles. The highest BCUT2D eigenvalue weighted by Crippen LogP contribution is 2.36. The summed E-state index contributed by atoms with van der Waals surface area (Å²) in [6.45, 7) is 0. The monoisotopic (exact) mass is 357 g/mol. The van der Waals surface area contributed by atoms with Crippen LogP contribution in [0.5, 0.6) is 5.75 Å². The lowest BCUT2D eigenvalue weighted by atomic mass is 10.1. The molecule has 3 aromatic heterocycles. The summed E-state index contributed by atoms with van der Waals surface area (Å²) in [5.74, 6) is 0.247. The summed E-state index contributed by atoms with van der Waals surface area (Å²) in [7, 11) is 0. The number of nitrogens with one attached hydrogen (secondary N) is 1. The Bertz CT molecular complexity index is 1300. The van der Waals surface area contributed by atoms with Crippen LogP contribution in [0.1, 0.15) is 0 Å². The first-order chi connectivity index (χ1) is 13.1. The molecule has 5 aromatic rings. The zero-order valence-electron chi connectivity index (χ0n) is 13.7. The summed E-state index contributed by atoms with van der Waals surface area (Å²) in [6.07, 6.45) is 3.40. The zero-order chi connectivity index (χ0) is 18.5. The van der Waals surface area contributed by atoms with E-state index >= 15 is 0 Å². The number of aromatic amines is 1. The van der Waals surface area contributed by atoms with Gasteiger partial charge in [-0.2, -0.15) is 0 Å². The highest BCUT2D eigenvalue weighted by Gasteiger charge is 2.18. The molecule has 2 aromatic carbocycles. The molecule has 0 saturated carbocycles. The van der Waals surface area contributed by atoms with Crippen LogP contribution in [0, 0.1) is 10.1 Å². The number of fused-ring (bicyclic) bond motifs is 6. The van der Waals surface area contributed by atoms with Crippen LogP contribution in [0.25, 0.3) is 44.2 Å². The summed E-state index contributed by atoms with van der Waals surface area (Å²) in [5.41, 5.74) is 3.00. The molecule has 27 heavy (non-hydrogen) atoms. The van der Waals surface area contributed by atoms with Gasteiger partial charge < -0.3 is 10.1 Å². The Morgan fingerprint density at radius 1 is 0.963 bits per heavy atom. The minimum absolute atomic E-state index is 0.0930. The first-order valence-corrected chi connectivity index (χ1v) is 8.12. The van der Waals surface area contributed by atoms with Gasteiger partial charge in [0.15, 0.2) is 0 Å². The molecule has 0 amide bonds. The summed E-state index contributed by atoms with van der Waals surface area (Å²) in [5, 5.41) is 23.0. The molecular formula is C19H11N5O3.